The van der Waals surface area contributed by atoms with Gasteiger partial charge in [-0.05, 0) is 12.5 Å². The number of benzene rings is 1. The predicted molar refractivity (Wildman–Crippen MR) is 66.8 cm³/mol. The van der Waals surface area contributed by atoms with E-state index in [0.29, 0.717) is 0 Å². The molecule has 84 valence electrons. The van der Waals surface area contributed by atoms with Crippen LogP contribution < -0.4 is 0 Å². The molecule has 1 aromatic heterocycles. The third kappa shape index (κ3) is 1.64. The van der Waals surface area contributed by atoms with E-state index in [-0.39, 0.29) is 11.7 Å². The maximum absolute atomic E-state index is 12.2. The van der Waals surface area contributed by atoms with E-state index in [4.69, 9.17) is 0 Å². The molecule has 0 unspecified atom stereocenters. The lowest BCUT2D eigenvalue weighted by molar-refractivity contribution is 0.0940. The summed E-state index contributed by atoms with van der Waals surface area (Å²) < 4.78 is 0. The lowest BCUT2D eigenvalue weighted by Gasteiger charge is -2.05. The molecule has 0 radical (unpaired) electrons. The number of aromatic nitrogens is 1. The largest absolute Gasteiger partial charge is 0.358 e. The lowest BCUT2D eigenvalue weighted by atomic mass is 9.97. The Kier molecular flexibility index (Phi) is 2.82. The fourth-order valence-electron chi connectivity index (χ4n) is 2.03. The molecule has 0 atom stereocenters. The van der Waals surface area contributed by atoms with Crippen molar-refractivity contribution in [3.05, 3.63) is 35.5 Å². The summed E-state index contributed by atoms with van der Waals surface area (Å²) in [4.78, 5) is 15.5. The summed E-state index contributed by atoms with van der Waals surface area (Å²) in [6, 6.07) is 8.00. The molecule has 1 aromatic carbocycles. The molecule has 2 heteroatoms. The zero-order valence-corrected chi connectivity index (χ0v) is 10.0. The molecule has 0 saturated carbocycles. The van der Waals surface area contributed by atoms with Crippen molar-refractivity contribution in [3.63, 3.8) is 0 Å². The van der Waals surface area contributed by atoms with Crippen LogP contribution in [0.5, 0.6) is 0 Å². The molecule has 0 aliphatic rings. The number of hydrogen-bond donors (Lipinski definition) is 1. The lowest BCUT2D eigenvalue weighted by Crippen LogP contribution is -2.09. The van der Waals surface area contributed by atoms with Gasteiger partial charge in [-0.1, -0.05) is 39.0 Å². The molecule has 0 bridgehead atoms. The van der Waals surface area contributed by atoms with Gasteiger partial charge >= 0.3 is 0 Å². The zero-order valence-electron chi connectivity index (χ0n) is 10.0. The fraction of sp³-hybridized carbons (Fsp3) is 0.357. The first-order valence-corrected chi connectivity index (χ1v) is 5.79. The van der Waals surface area contributed by atoms with Crippen LogP contribution in [-0.2, 0) is 6.42 Å². The highest BCUT2D eigenvalue weighted by atomic mass is 16.1. The van der Waals surface area contributed by atoms with E-state index in [0.717, 1.165) is 28.6 Å². The molecular formula is C14H17NO. The standard InChI is InChI=1S/C14H17NO/c1-4-11-13(14(16)9(2)3)10-7-5-6-8-12(10)15-11/h5-9,15H,4H2,1-3H3. The summed E-state index contributed by atoms with van der Waals surface area (Å²) in [5, 5.41) is 1.05. The highest BCUT2D eigenvalue weighted by Gasteiger charge is 2.19. The van der Waals surface area contributed by atoms with Gasteiger partial charge in [0.25, 0.3) is 0 Å². The van der Waals surface area contributed by atoms with E-state index in [1.165, 1.54) is 0 Å². The molecule has 0 fully saturated rings. The molecule has 0 aliphatic heterocycles. The molecule has 0 aliphatic carbocycles. The van der Waals surface area contributed by atoms with Gasteiger partial charge in [-0.2, -0.15) is 0 Å². The van der Waals surface area contributed by atoms with E-state index in [9.17, 15) is 4.79 Å². The van der Waals surface area contributed by atoms with Crippen molar-refractivity contribution in [2.45, 2.75) is 27.2 Å². The molecule has 2 nitrogen and oxygen atoms in total. The van der Waals surface area contributed by atoms with Gasteiger partial charge in [-0.25, -0.2) is 0 Å². The first kappa shape index (κ1) is 10.9. The van der Waals surface area contributed by atoms with Crippen molar-refractivity contribution < 1.29 is 4.79 Å². The number of Topliss-reactive ketones (excluding diaryl/α,β-unsaturated/α-hetero) is 1. The number of ketones is 1. The predicted octanol–water partition coefficient (Wildman–Crippen LogP) is 3.57. The molecule has 0 amide bonds. The van der Waals surface area contributed by atoms with Crippen molar-refractivity contribution in [1.82, 2.24) is 4.98 Å². The smallest absolute Gasteiger partial charge is 0.167 e. The number of fused-ring (bicyclic) bond motifs is 1. The van der Waals surface area contributed by atoms with Gasteiger partial charge in [0, 0.05) is 28.1 Å². The number of hydrogen-bond acceptors (Lipinski definition) is 1. The number of para-hydroxylation sites is 1. The second-order valence-electron chi connectivity index (χ2n) is 4.40. The van der Waals surface area contributed by atoms with Crippen LogP contribution in [-0.4, -0.2) is 10.8 Å². The molecular weight excluding hydrogens is 198 g/mol. The summed E-state index contributed by atoms with van der Waals surface area (Å²) >= 11 is 0. The summed E-state index contributed by atoms with van der Waals surface area (Å²) in [5.41, 5.74) is 3.00. The third-order valence-electron chi connectivity index (χ3n) is 2.91. The van der Waals surface area contributed by atoms with Crippen LogP contribution in [0.3, 0.4) is 0 Å². The molecule has 2 rings (SSSR count). The van der Waals surface area contributed by atoms with Crippen molar-refractivity contribution >= 4 is 16.7 Å². The summed E-state index contributed by atoms with van der Waals surface area (Å²) in [6.45, 7) is 5.97. The first-order chi connectivity index (χ1) is 7.65. The second-order valence-corrected chi connectivity index (χ2v) is 4.40. The first-order valence-electron chi connectivity index (χ1n) is 5.79. The Bertz CT molecular complexity index is 523. The van der Waals surface area contributed by atoms with E-state index in [2.05, 4.69) is 11.9 Å². The van der Waals surface area contributed by atoms with Gasteiger partial charge in [-0.15, -0.1) is 0 Å². The normalized spacial score (nSPS) is 11.2. The Balaban J connectivity index is 2.69. The van der Waals surface area contributed by atoms with Crippen molar-refractivity contribution in [2.24, 2.45) is 5.92 Å². The molecule has 2 aromatic rings. The van der Waals surface area contributed by atoms with E-state index in [1.807, 2.05) is 38.1 Å². The average Bonchev–Trinajstić information content (AvgIpc) is 2.66. The van der Waals surface area contributed by atoms with Crippen LogP contribution in [0.2, 0.25) is 0 Å². The van der Waals surface area contributed by atoms with Gasteiger partial charge < -0.3 is 4.98 Å². The van der Waals surface area contributed by atoms with E-state index in [1.54, 1.807) is 0 Å². The third-order valence-corrected chi connectivity index (χ3v) is 2.91. The number of carbonyl (C=O) groups is 1. The Morgan fingerprint density at radius 2 is 2.00 bits per heavy atom. The molecule has 1 heterocycles. The molecule has 16 heavy (non-hydrogen) atoms. The van der Waals surface area contributed by atoms with Crippen molar-refractivity contribution in [2.75, 3.05) is 0 Å². The number of aryl methyl sites for hydroxylation is 1. The van der Waals surface area contributed by atoms with Crippen LogP contribution in [0.15, 0.2) is 24.3 Å². The van der Waals surface area contributed by atoms with Gasteiger partial charge in [-0.3, -0.25) is 4.79 Å². The van der Waals surface area contributed by atoms with Gasteiger partial charge in [0.1, 0.15) is 0 Å². The second kappa shape index (κ2) is 4.12. The van der Waals surface area contributed by atoms with Crippen molar-refractivity contribution in [3.8, 4) is 0 Å². The minimum absolute atomic E-state index is 0.0458. The molecule has 0 saturated heterocycles. The van der Waals surface area contributed by atoms with Crippen LogP contribution in [0.25, 0.3) is 10.9 Å². The zero-order chi connectivity index (χ0) is 11.7. The van der Waals surface area contributed by atoms with Gasteiger partial charge in [0.15, 0.2) is 5.78 Å². The topological polar surface area (TPSA) is 32.9 Å². The Hall–Kier alpha value is -1.57. The van der Waals surface area contributed by atoms with Crippen LogP contribution in [0, 0.1) is 5.92 Å². The Labute approximate surface area is 95.7 Å². The minimum Gasteiger partial charge on any atom is -0.358 e. The maximum Gasteiger partial charge on any atom is 0.167 e. The van der Waals surface area contributed by atoms with E-state index >= 15 is 0 Å². The highest BCUT2D eigenvalue weighted by Crippen LogP contribution is 2.25. The Morgan fingerprint density at radius 1 is 1.31 bits per heavy atom. The van der Waals surface area contributed by atoms with Crippen molar-refractivity contribution in [1.29, 1.82) is 0 Å². The average molecular weight is 215 g/mol. The molecule has 1 N–H and O–H groups in total. The number of rotatable bonds is 3. The monoisotopic (exact) mass is 215 g/mol. The van der Waals surface area contributed by atoms with Crippen LogP contribution in [0.4, 0.5) is 0 Å². The quantitative estimate of drug-likeness (QED) is 0.780. The SMILES string of the molecule is CCc1[nH]c2ccccc2c1C(=O)C(C)C. The Morgan fingerprint density at radius 3 is 2.62 bits per heavy atom. The van der Waals surface area contributed by atoms with Gasteiger partial charge in [0.05, 0.1) is 0 Å². The summed E-state index contributed by atoms with van der Waals surface area (Å²) in [6.07, 6.45) is 0.864. The number of nitrogens with one attached hydrogen (secondary N) is 1. The maximum atomic E-state index is 12.2. The number of aromatic amines is 1. The fourth-order valence-corrected chi connectivity index (χ4v) is 2.03. The summed E-state index contributed by atoms with van der Waals surface area (Å²) in [5.74, 6) is 0.277. The number of H-pyrrole nitrogens is 1. The van der Waals surface area contributed by atoms with Gasteiger partial charge in [0.2, 0.25) is 0 Å². The highest BCUT2D eigenvalue weighted by molar-refractivity contribution is 6.10. The van der Waals surface area contributed by atoms with Crippen LogP contribution >= 0.6 is 0 Å². The minimum atomic E-state index is 0.0458. The van der Waals surface area contributed by atoms with E-state index < -0.39 is 0 Å². The molecule has 0 spiro atoms. The number of carbonyl (C=O) groups excluding carboxylic acids is 1. The van der Waals surface area contributed by atoms with Crippen LogP contribution in [0.1, 0.15) is 36.8 Å². The summed E-state index contributed by atoms with van der Waals surface area (Å²) in [7, 11) is 0.